The van der Waals surface area contributed by atoms with E-state index < -0.39 is 0 Å². The van der Waals surface area contributed by atoms with E-state index in [-0.39, 0.29) is 0 Å². The highest BCUT2D eigenvalue weighted by Crippen LogP contribution is 2.24. The average Bonchev–Trinajstić information content (AvgIpc) is 2.82. The Hall–Kier alpha value is -4.19. The van der Waals surface area contributed by atoms with Crippen LogP contribution in [0, 0.1) is 13.8 Å². The quantitative estimate of drug-likeness (QED) is 0.413. The zero-order chi connectivity index (χ0) is 21.9. The van der Waals surface area contributed by atoms with E-state index in [4.69, 9.17) is 9.97 Å². The molecule has 0 atom stereocenters. The van der Waals surface area contributed by atoms with Gasteiger partial charge in [-0.05, 0) is 61.9 Å². The minimum Gasteiger partial charge on any atom is -0.379 e. The maximum absolute atomic E-state index is 4.81. The number of hydrogen-bond donors (Lipinski definition) is 1. The van der Waals surface area contributed by atoms with Gasteiger partial charge in [0.2, 0.25) is 0 Å². The predicted molar refractivity (Wildman–Crippen MR) is 127 cm³/mol. The number of fused-ring (bicyclic) bond motifs is 1. The number of pyridine rings is 3. The van der Waals surface area contributed by atoms with Gasteiger partial charge in [0.15, 0.2) is 0 Å². The zero-order valence-electron chi connectivity index (χ0n) is 17.9. The standard InChI is InChI=1S/C26H22N6/c1-17-12-20(8-10-27-17)22-7-6-19(14-29-22)15-30-23-4-3-5-24-26(23)31-16-25(32-24)21-9-11-28-18(2)13-21/h3-14,16,30H,15H2,1-2H3. The molecule has 5 aromatic rings. The van der Waals surface area contributed by atoms with Gasteiger partial charge in [0.1, 0.15) is 5.52 Å². The number of aromatic nitrogens is 5. The molecule has 0 amide bonds. The fourth-order valence-corrected chi connectivity index (χ4v) is 3.63. The molecule has 0 saturated heterocycles. The molecule has 4 heterocycles. The zero-order valence-corrected chi connectivity index (χ0v) is 17.9. The molecule has 0 aliphatic rings. The molecule has 32 heavy (non-hydrogen) atoms. The summed E-state index contributed by atoms with van der Waals surface area (Å²) in [7, 11) is 0. The van der Waals surface area contributed by atoms with Gasteiger partial charge in [-0.3, -0.25) is 19.9 Å². The molecule has 0 fully saturated rings. The smallest absolute Gasteiger partial charge is 0.112 e. The molecular formula is C26H22N6. The van der Waals surface area contributed by atoms with E-state index in [9.17, 15) is 0 Å². The number of nitrogens with zero attached hydrogens (tertiary/aromatic N) is 5. The van der Waals surface area contributed by atoms with Crippen molar-refractivity contribution in [1.29, 1.82) is 0 Å². The second-order valence-electron chi connectivity index (χ2n) is 7.71. The summed E-state index contributed by atoms with van der Waals surface area (Å²) in [6.07, 6.45) is 7.32. The molecule has 0 radical (unpaired) electrons. The second kappa shape index (κ2) is 8.51. The predicted octanol–water partition coefficient (Wildman–Crippen LogP) is 5.38. The third-order valence-electron chi connectivity index (χ3n) is 5.26. The van der Waals surface area contributed by atoms with Crippen LogP contribution in [0.2, 0.25) is 0 Å². The van der Waals surface area contributed by atoms with E-state index in [0.717, 1.165) is 56.2 Å². The number of hydrogen-bond acceptors (Lipinski definition) is 6. The Bertz CT molecular complexity index is 1400. The van der Waals surface area contributed by atoms with Crippen molar-refractivity contribution in [1.82, 2.24) is 24.9 Å². The molecule has 6 heteroatoms. The lowest BCUT2D eigenvalue weighted by Gasteiger charge is -2.10. The number of benzene rings is 1. The fraction of sp³-hybridized carbons (Fsp3) is 0.115. The first-order valence-electron chi connectivity index (χ1n) is 10.5. The highest BCUT2D eigenvalue weighted by atomic mass is 14.9. The van der Waals surface area contributed by atoms with Crippen LogP contribution in [-0.4, -0.2) is 24.9 Å². The van der Waals surface area contributed by atoms with Crippen molar-refractivity contribution >= 4 is 16.7 Å². The summed E-state index contributed by atoms with van der Waals surface area (Å²) in [5, 5.41) is 3.48. The third kappa shape index (κ3) is 4.16. The summed E-state index contributed by atoms with van der Waals surface area (Å²) in [6.45, 7) is 4.60. The Morgan fingerprint density at radius 2 is 1.47 bits per heavy atom. The van der Waals surface area contributed by atoms with Crippen molar-refractivity contribution in [2.75, 3.05) is 5.32 Å². The molecule has 0 unspecified atom stereocenters. The number of para-hydroxylation sites is 1. The number of nitrogens with one attached hydrogen (secondary N) is 1. The Morgan fingerprint density at radius 3 is 2.16 bits per heavy atom. The maximum atomic E-state index is 4.81. The summed E-state index contributed by atoms with van der Waals surface area (Å²) in [5.41, 5.74) is 9.53. The van der Waals surface area contributed by atoms with Gasteiger partial charge in [-0.1, -0.05) is 12.1 Å². The lowest BCUT2D eigenvalue weighted by Crippen LogP contribution is -2.02. The second-order valence-corrected chi connectivity index (χ2v) is 7.71. The number of aryl methyl sites for hydroxylation is 2. The van der Waals surface area contributed by atoms with Gasteiger partial charge in [0.05, 0.1) is 28.8 Å². The van der Waals surface area contributed by atoms with Crippen LogP contribution >= 0.6 is 0 Å². The van der Waals surface area contributed by atoms with Crippen molar-refractivity contribution in [2.24, 2.45) is 0 Å². The monoisotopic (exact) mass is 418 g/mol. The van der Waals surface area contributed by atoms with E-state index in [1.54, 1.807) is 6.20 Å². The Labute approximate surface area is 186 Å². The Morgan fingerprint density at radius 1 is 0.719 bits per heavy atom. The van der Waals surface area contributed by atoms with Crippen LogP contribution in [-0.2, 0) is 6.54 Å². The number of anilines is 1. The van der Waals surface area contributed by atoms with E-state index in [0.29, 0.717) is 6.54 Å². The minimum atomic E-state index is 0.648. The Balaban J connectivity index is 1.35. The van der Waals surface area contributed by atoms with Gasteiger partial charge in [0.25, 0.3) is 0 Å². The SMILES string of the molecule is Cc1cc(-c2ccc(CNc3cccc4nc(-c5ccnc(C)c5)cnc34)cn2)ccn1. The van der Waals surface area contributed by atoms with E-state index in [2.05, 4.69) is 26.3 Å². The first-order valence-corrected chi connectivity index (χ1v) is 10.5. The van der Waals surface area contributed by atoms with Gasteiger partial charge < -0.3 is 5.32 Å². The summed E-state index contributed by atoms with van der Waals surface area (Å²) >= 11 is 0. The maximum Gasteiger partial charge on any atom is 0.112 e. The molecular weight excluding hydrogens is 396 g/mol. The van der Waals surface area contributed by atoms with Crippen LogP contribution in [0.1, 0.15) is 17.0 Å². The van der Waals surface area contributed by atoms with Crippen LogP contribution in [0.5, 0.6) is 0 Å². The van der Waals surface area contributed by atoms with Crippen molar-refractivity contribution in [3.8, 4) is 22.5 Å². The van der Waals surface area contributed by atoms with E-state index in [1.807, 2.05) is 81.0 Å². The summed E-state index contributed by atoms with van der Waals surface area (Å²) in [6, 6.07) is 18.1. The number of rotatable bonds is 5. The van der Waals surface area contributed by atoms with Crippen molar-refractivity contribution in [3.63, 3.8) is 0 Å². The van der Waals surface area contributed by atoms with Gasteiger partial charge in [-0.2, -0.15) is 0 Å². The molecule has 6 nitrogen and oxygen atoms in total. The lowest BCUT2D eigenvalue weighted by molar-refractivity contribution is 1.11. The summed E-state index contributed by atoms with van der Waals surface area (Å²) in [4.78, 5) is 22.6. The molecule has 0 spiro atoms. The summed E-state index contributed by atoms with van der Waals surface area (Å²) in [5.74, 6) is 0. The molecule has 0 bridgehead atoms. The van der Waals surface area contributed by atoms with E-state index in [1.165, 1.54) is 0 Å². The van der Waals surface area contributed by atoms with Gasteiger partial charge in [-0.15, -0.1) is 0 Å². The lowest BCUT2D eigenvalue weighted by atomic mass is 10.1. The average molecular weight is 419 g/mol. The molecule has 1 aromatic carbocycles. The molecule has 1 N–H and O–H groups in total. The molecule has 0 aliphatic heterocycles. The molecule has 156 valence electrons. The van der Waals surface area contributed by atoms with Crippen LogP contribution in [0.25, 0.3) is 33.5 Å². The highest BCUT2D eigenvalue weighted by molar-refractivity contribution is 5.88. The minimum absolute atomic E-state index is 0.648. The van der Waals surface area contributed by atoms with Crippen molar-refractivity contribution in [3.05, 3.63) is 96.3 Å². The van der Waals surface area contributed by atoms with Crippen LogP contribution in [0.3, 0.4) is 0 Å². The van der Waals surface area contributed by atoms with Gasteiger partial charge in [0, 0.05) is 47.7 Å². The molecule has 5 rings (SSSR count). The fourth-order valence-electron chi connectivity index (χ4n) is 3.63. The van der Waals surface area contributed by atoms with Crippen LogP contribution < -0.4 is 5.32 Å². The van der Waals surface area contributed by atoms with Crippen molar-refractivity contribution in [2.45, 2.75) is 20.4 Å². The normalized spacial score (nSPS) is 10.9. The topological polar surface area (TPSA) is 76.5 Å². The largest absolute Gasteiger partial charge is 0.379 e. The van der Waals surface area contributed by atoms with Gasteiger partial charge >= 0.3 is 0 Å². The first kappa shape index (κ1) is 19.8. The van der Waals surface area contributed by atoms with Crippen LogP contribution in [0.4, 0.5) is 5.69 Å². The molecule has 0 aliphatic carbocycles. The molecule has 0 saturated carbocycles. The third-order valence-corrected chi connectivity index (χ3v) is 5.26. The van der Waals surface area contributed by atoms with Crippen molar-refractivity contribution < 1.29 is 0 Å². The highest BCUT2D eigenvalue weighted by Gasteiger charge is 2.08. The Kier molecular flexibility index (Phi) is 5.25. The van der Waals surface area contributed by atoms with Crippen LogP contribution in [0.15, 0.2) is 79.4 Å². The molecule has 4 aromatic heterocycles. The van der Waals surface area contributed by atoms with E-state index >= 15 is 0 Å². The first-order chi connectivity index (χ1) is 15.7. The van der Waals surface area contributed by atoms with Gasteiger partial charge in [-0.25, -0.2) is 4.98 Å². The summed E-state index contributed by atoms with van der Waals surface area (Å²) < 4.78 is 0.